The largest absolute Gasteiger partial charge is 0.394 e. The molecule has 1 atom stereocenters. The Labute approximate surface area is 130 Å². The Balaban J connectivity index is 2.25. The number of hydrogen-bond acceptors (Lipinski definition) is 2. The van der Waals surface area contributed by atoms with E-state index in [4.69, 9.17) is 0 Å². The molecular formula is C14H17Br2NO2. The van der Waals surface area contributed by atoms with Gasteiger partial charge in [-0.25, -0.2) is 0 Å². The molecule has 104 valence electrons. The second kappa shape index (κ2) is 6.86. The molecule has 19 heavy (non-hydrogen) atoms. The van der Waals surface area contributed by atoms with E-state index in [2.05, 4.69) is 31.9 Å². The first-order valence-electron chi connectivity index (χ1n) is 6.49. The molecule has 1 aliphatic heterocycles. The van der Waals surface area contributed by atoms with Gasteiger partial charge < -0.3 is 10.0 Å². The minimum absolute atomic E-state index is 0.00273. The van der Waals surface area contributed by atoms with Gasteiger partial charge in [0.25, 0.3) is 5.91 Å². The number of aliphatic hydroxyl groups excluding tert-OH is 1. The molecule has 1 aromatic carbocycles. The van der Waals surface area contributed by atoms with Crippen molar-refractivity contribution in [1.82, 2.24) is 4.90 Å². The predicted molar refractivity (Wildman–Crippen MR) is 82.2 cm³/mol. The minimum Gasteiger partial charge on any atom is -0.394 e. The summed E-state index contributed by atoms with van der Waals surface area (Å²) in [6.07, 6.45) is 4.11. The fourth-order valence-corrected chi connectivity index (χ4v) is 3.77. The van der Waals surface area contributed by atoms with Crippen molar-refractivity contribution in [2.24, 2.45) is 0 Å². The highest BCUT2D eigenvalue weighted by Crippen LogP contribution is 2.24. The van der Waals surface area contributed by atoms with E-state index in [9.17, 15) is 9.90 Å². The van der Waals surface area contributed by atoms with Gasteiger partial charge in [0.2, 0.25) is 0 Å². The first kappa shape index (κ1) is 15.0. The number of hydrogen-bond donors (Lipinski definition) is 1. The number of benzene rings is 1. The number of aliphatic hydroxyl groups is 1. The van der Waals surface area contributed by atoms with Gasteiger partial charge in [0.15, 0.2) is 0 Å². The molecule has 0 radical (unpaired) electrons. The van der Waals surface area contributed by atoms with Gasteiger partial charge in [0, 0.05) is 21.1 Å². The molecule has 0 aliphatic carbocycles. The van der Waals surface area contributed by atoms with Gasteiger partial charge in [-0.2, -0.15) is 0 Å². The number of amides is 1. The maximum absolute atomic E-state index is 12.6. The van der Waals surface area contributed by atoms with E-state index in [0.717, 1.165) is 41.2 Å². The van der Waals surface area contributed by atoms with E-state index in [0.29, 0.717) is 5.56 Å². The van der Waals surface area contributed by atoms with Crippen LogP contribution in [-0.4, -0.2) is 35.1 Å². The van der Waals surface area contributed by atoms with Crippen LogP contribution in [0.25, 0.3) is 0 Å². The summed E-state index contributed by atoms with van der Waals surface area (Å²) in [6.45, 7) is 0.773. The van der Waals surface area contributed by atoms with Gasteiger partial charge in [-0.1, -0.05) is 44.7 Å². The molecule has 1 fully saturated rings. The average molecular weight is 391 g/mol. The van der Waals surface area contributed by atoms with Crippen molar-refractivity contribution in [3.63, 3.8) is 0 Å². The van der Waals surface area contributed by atoms with Crippen LogP contribution >= 0.6 is 31.9 Å². The van der Waals surface area contributed by atoms with Crippen LogP contribution in [0.4, 0.5) is 0 Å². The fraction of sp³-hybridized carbons (Fsp3) is 0.500. The molecule has 1 N–H and O–H groups in total. The van der Waals surface area contributed by atoms with Crippen molar-refractivity contribution in [2.45, 2.75) is 31.7 Å². The lowest BCUT2D eigenvalue weighted by Crippen LogP contribution is -2.42. The lowest BCUT2D eigenvalue weighted by Gasteiger charge is -2.28. The molecule has 1 amide bonds. The molecule has 0 saturated carbocycles. The normalized spacial score (nSPS) is 20.2. The van der Waals surface area contributed by atoms with Crippen LogP contribution < -0.4 is 0 Å². The smallest absolute Gasteiger partial charge is 0.254 e. The topological polar surface area (TPSA) is 40.5 Å². The summed E-state index contributed by atoms with van der Waals surface area (Å²) in [7, 11) is 0. The van der Waals surface area contributed by atoms with E-state index in [1.165, 1.54) is 0 Å². The van der Waals surface area contributed by atoms with Crippen molar-refractivity contribution >= 4 is 37.8 Å². The first-order chi connectivity index (χ1) is 9.11. The third-order valence-electron chi connectivity index (χ3n) is 3.46. The number of rotatable bonds is 2. The highest BCUT2D eigenvalue weighted by atomic mass is 79.9. The van der Waals surface area contributed by atoms with Crippen molar-refractivity contribution < 1.29 is 9.90 Å². The summed E-state index contributed by atoms with van der Waals surface area (Å²) < 4.78 is 1.75. The standard InChI is InChI=1S/C14H17Br2NO2/c15-11-6-10(7-12(16)8-11)14(19)17-5-3-1-2-4-13(17)9-18/h6-8,13,18H,1-5,9H2. The number of halogens is 2. The second-order valence-corrected chi connectivity index (χ2v) is 6.67. The molecule has 0 aromatic heterocycles. The average Bonchev–Trinajstić information content (AvgIpc) is 2.61. The zero-order valence-corrected chi connectivity index (χ0v) is 13.8. The molecule has 1 aliphatic rings. The Morgan fingerprint density at radius 3 is 2.53 bits per heavy atom. The monoisotopic (exact) mass is 389 g/mol. The van der Waals surface area contributed by atoms with Crippen molar-refractivity contribution in [3.05, 3.63) is 32.7 Å². The summed E-state index contributed by atoms with van der Waals surface area (Å²) in [5.74, 6) is 0.00273. The SMILES string of the molecule is O=C(c1cc(Br)cc(Br)c1)N1CCCCCC1CO. The molecule has 1 unspecified atom stereocenters. The maximum Gasteiger partial charge on any atom is 0.254 e. The van der Waals surface area contributed by atoms with Crippen LogP contribution in [0.2, 0.25) is 0 Å². The molecule has 5 heteroatoms. The first-order valence-corrected chi connectivity index (χ1v) is 8.08. The zero-order chi connectivity index (χ0) is 13.8. The van der Waals surface area contributed by atoms with E-state index in [-0.39, 0.29) is 18.6 Å². The molecule has 1 aromatic rings. The van der Waals surface area contributed by atoms with Gasteiger partial charge >= 0.3 is 0 Å². The van der Waals surface area contributed by atoms with Gasteiger partial charge in [0.05, 0.1) is 12.6 Å². The van der Waals surface area contributed by atoms with E-state index < -0.39 is 0 Å². The van der Waals surface area contributed by atoms with Crippen molar-refractivity contribution in [2.75, 3.05) is 13.2 Å². The van der Waals surface area contributed by atoms with Gasteiger partial charge in [-0.15, -0.1) is 0 Å². The maximum atomic E-state index is 12.6. The Hall–Kier alpha value is -0.390. The number of nitrogens with zero attached hydrogens (tertiary/aromatic N) is 1. The van der Waals surface area contributed by atoms with E-state index in [1.807, 2.05) is 23.1 Å². The Morgan fingerprint density at radius 2 is 1.89 bits per heavy atom. The van der Waals surface area contributed by atoms with Gasteiger partial charge in [0.1, 0.15) is 0 Å². The summed E-state index contributed by atoms with van der Waals surface area (Å²) in [5.41, 5.74) is 0.654. The Morgan fingerprint density at radius 1 is 1.21 bits per heavy atom. The molecule has 0 spiro atoms. The summed E-state index contributed by atoms with van der Waals surface area (Å²) in [5, 5.41) is 9.48. The third-order valence-corrected chi connectivity index (χ3v) is 4.37. The molecular weight excluding hydrogens is 374 g/mol. The van der Waals surface area contributed by atoms with Crippen LogP contribution in [0.15, 0.2) is 27.1 Å². The molecule has 3 nitrogen and oxygen atoms in total. The lowest BCUT2D eigenvalue weighted by molar-refractivity contribution is 0.0599. The number of likely N-dealkylation sites (tertiary alicyclic amines) is 1. The highest BCUT2D eigenvalue weighted by Gasteiger charge is 2.25. The van der Waals surface area contributed by atoms with Crippen LogP contribution in [0.1, 0.15) is 36.0 Å². The number of carbonyl (C=O) groups excluding carboxylic acids is 1. The molecule has 1 saturated heterocycles. The lowest BCUT2D eigenvalue weighted by atomic mass is 10.1. The van der Waals surface area contributed by atoms with Crippen LogP contribution in [0, 0.1) is 0 Å². The second-order valence-electron chi connectivity index (χ2n) is 4.84. The minimum atomic E-state index is -0.0484. The highest BCUT2D eigenvalue weighted by molar-refractivity contribution is 9.11. The number of carbonyl (C=O) groups is 1. The van der Waals surface area contributed by atoms with Crippen LogP contribution in [0.5, 0.6) is 0 Å². The van der Waals surface area contributed by atoms with Crippen LogP contribution in [0.3, 0.4) is 0 Å². The van der Waals surface area contributed by atoms with E-state index in [1.54, 1.807) is 0 Å². The van der Waals surface area contributed by atoms with Gasteiger partial charge in [-0.3, -0.25) is 4.79 Å². The van der Waals surface area contributed by atoms with Crippen LogP contribution in [-0.2, 0) is 0 Å². The fourth-order valence-electron chi connectivity index (χ4n) is 2.48. The Bertz CT molecular complexity index is 445. The molecule has 2 rings (SSSR count). The molecule has 0 bridgehead atoms. The third kappa shape index (κ3) is 3.80. The van der Waals surface area contributed by atoms with Gasteiger partial charge in [-0.05, 0) is 31.0 Å². The summed E-state index contributed by atoms with van der Waals surface area (Å²) in [4.78, 5) is 14.4. The summed E-state index contributed by atoms with van der Waals surface area (Å²) >= 11 is 6.81. The molecule has 1 heterocycles. The quantitative estimate of drug-likeness (QED) is 0.838. The predicted octanol–water partition coefficient (Wildman–Crippen LogP) is 3.59. The summed E-state index contributed by atoms with van der Waals surface area (Å²) in [6, 6.07) is 5.51. The van der Waals surface area contributed by atoms with Crippen molar-refractivity contribution in [3.8, 4) is 0 Å². The van der Waals surface area contributed by atoms with Crippen molar-refractivity contribution in [1.29, 1.82) is 0 Å². The Kier molecular flexibility index (Phi) is 5.42. The van der Waals surface area contributed by atoms with E-state index >= 15 is 0 Å². The zero-order valence-electron chi connectivity index (χ0n) is 10.6.